The summed E-state index contributed by atoms with van der Waals surface area (Å²) in [6.45, 7) is 6.71. The molecular weight excluding hydrogens is 264 g/mol. The van der Waals surface area contributed by atoms with Gasteiger partial charge in [-0.15, -0.1) is 0 Å². The van der Waals surface area contributed by atoms with Gasteiger partial charge in [0.25, 0.3) is 0 Å². The van der Waals surface area contributed by atoms with E-state index in [-0.39, 0.29) is 0 Å². The zero-order valence-electron chi connectivity index (χ0n) is 13.5. The van der Waals surface area contributed by atoms with Crippen molar-refractivity contribution in [2.45, 2.75) is 26.7 Å². The Bertz CT molecular complexity index is 767. The van der Waals surface area contributed by atoms with E-state index in [9.17, 15) is 0 Å². The van der Waals surface area contributed by atoms with E-state index in [0.29, 0.717) is 5.92 Å². The van der Waals surface area contributed by atoms with E-state index in [1.165, 1.54) is 33.4 Å². The Labute approximate surface area is 133 Å². The first-order chi connectivity index (χ1) is 10.7. The van der Waals surface area contributed by atoms with Crippen LogP contribution in [0.5, 0.6) is 0 Å². The van der Waals surface area contributed by atoms with Gasteiger partial charge in [0.05, 0.1) is 0 Å². The predicted molar refractivity (Wildman–Crippen MR) is 96.1 cm³/mol. The van der Waals surface area contributed by atoms with Crippen LogP contribution in [0, 0.1) is 6.92 Å². The molecule has 0 aliphatic carbocycles. The molecule has 0 heteroatoms. The zero-order chi connectivity index (χ0) is 15.5. The first kappa shape index (κ1) is 14.6. The molecule has 3 rings (SSSR count). The van der Waals surface area contributed by atoms with E-state index in [0.717, 1.165) is 0 Å². The van der Waals surface area contributed by atoms with Crippen molar-refractivity contribution in [3.63, 3.8) is 0 Å². The lowest BCUT2D eigenvalue weighted by molar-refractivity contribution is 0.857. The second-order valence-electron chi connectivity index (χ2n) is 6.14. The predicted octanol–water partition coefficient (Wildman–Crippen LogP) is 6.45. The van der Waals surface area contributed by atoms with E-state index >= 15 is 0 Å². The topological polar surface area (TPSA) is 0 Å². The van der Waals surface area contributed by atoms with Crippen molar-refractivity contribution in [2.75, 3.05) is 0 Å². The average Bonchev–Trinajstić information content (AvgIpc) is 2.56. The molecule has 0 N–H and O–H groups in total. The molecule has 0 nitrogen and oxygen atoms in total. The lowest BCUT2D eigenvalue weighted by Gasteiger charge is -2.15. The first-order valence-electron chi connectivity index (χ1n) is 7.92. The normalized spacial score (nSPS) is 10.9. The highest BCUT2D eigenvalue weighted by molar-refractivity contribution is 5.83. The third-order valence-corrected chi connectivity index (χ3v) is 4.22. The van der Waals surface area contributed by atoms with Crippen LogP contribution in [0.1, 0.15) is 30.9 Å². The van der Waals surface area contributed by atoms with E-state index in [2.05, 4.69) is 93.6 Å². The summed E-state index contributed by atoms with van der Waals surface area (Å²) in [4.78, 5) is 0. The molecule has 0 saturated carbocycles. The fourth-order valence-electron chi connectivity index (χ4n) is 3.03. The minimum Gasteiger partial charge on any atom is -0.0622 e. The number of hydrogen-bond donors (Lipinski definition) is 0. The van der Waals surface area contributed by atoms with Gasteiger partial charge in [-0.3, -0.25) is 0 Å². The molecule has 0 bridgehead atoms. The molecule has 3 aromatic rings. The van der Waals surface area contributed by atoms with Gasteiger partial charge in [-0.05, 0) is 46.2 Å². The number of aryl methyl sites for hydroxylation is 1. The molecule has 3 aromatic carbocycles. The van der Waals surface area contributed by atoms with E-state index in [1.807, 2.05) is 0 Å². The minimum atomic E-state index is 0.545. The molecule has 110 valence electrons. The van der Waals surface area contributed by atoms with Crippen molar-refractivity contribution in [3.8, 4) is 22.3 Å². The van der Waals surface area contributed by atoms with Crippen LogP contribution in [-0.2, 0) is 0 Å². The fraction of sp³-hybridized carbons (Fsp3) is 0.182. The average molecular weight is 286 g/mol. The third kappa shape index (κ3) is 2.82. The Balaban J connectivity index is 2.16. The highest BCUT2D eigenvalue weighted by Gasteiger charge is 2.10. The summed E-state index contributed by atoms with van der Waals surface area (Å²) in [5, 5.41) is 0. The third-order valence-electron chi connectivity index (χ3n) is 4.22. The van der Waals surface area contributed by atoms with Crippen LogP contribution in [-0.4, -0.2) is 0 Å². The van der Waals surface area contributed by atoms with Crippen LogP contribution in [0.2, 0.25) is 0 Å². The molecule has 0 fully saturated rings. The van der Waals surface area contributed by atoms with Gasteiger partial charge in [0.1, 0.15) is 0 Å². The maximum absolute atomic E-state index is 2.35. The van der Waals surface area contributed by atoms with Crippen molar-refractivity contribution in [1.29, 1.82) is 0 Å². The van der Waals surface area contributed by atoms with E-state index in [4.69, 9.17) is 0 Å². The number of rotatable bonds is 3. The van der Waals surface area contributed by atoms with Gasteiger partial charge in [-0.1, -0.05) is 86.6 Å². The van der Waals surface area contributed by atoms with E-state index in [1.54, 1.807) is 0 Å². The Morgan fingerprint density at radius 1 is 0.636 bits per heavy atom. The standard InChI is InChI=1S/C22H22/c1-16(2)22-15-19(14-13-17(22)3)21-12-8-7-11-20(21)18-9-5-4-6-10-18/h4-16H,1-3H3. The largest absolute Gasteiger partial charge is 0.0622 e. The summed E-state index contributed by atoms with van der Waals surface area (Å²) in [6, 6.07) is 26.1. The molecule has 0 atom stereocenters. The van der Waals surface area contributed by atoms with Gasteiger partial charge >= 0.3 is 0 Å². The van der Waals surface area contributed by atoms with E-state index < -0.39 is 0 Å². The second-order valence-corrected chi connectivity index (χ2v) is 6.14. The summed E-state index contributed by atoms with van der Waals surface area (Å²) >= 11 is 0. The first-order valence-corrected chi connectivity index (χ1v) is 7.92. The Hall–Kier alpha value is -2.34. The maximum Gasteiger partial charge on any atom is -0.0105 e. The van der Waals surface area contributed by atoms with Gasteiger partial charge in [-0.2, -0.15) is 0 Å². The molecule has 0 amide bonds. The quantitative estimate of drug-likeness (QED) is 0.519. The SMILES string of the molecule is Cc1ccc(-c2ccccc2-c2ccccc2)cc1C(C)C. The number of benzene rings is 3. The van der Waals surface area contributed by atoms with Crippen LogP contribution in [0.4, 0.5) is 0 Å². The molecule has 22 heavy (non-hydrogen) atoms. The van der Waals surface area contributed by atoms with Crippen molar-refractivity contribution >= 4 is 0 Å². The summed E-state index contributed by atoms with van der Waals surface area (Å²) in [6.07, 6.45) is 0. The fourth-order valence-corrected chi connectivity index (χ4v) is 3.03. The molecular formula is C22H22. The van der Waals surface area contributed by atoms with Crippen LogP contribution >= 0.6 is 0 Å². The van der Waals surface area contributed by atoms with Gasteiger partial charge in [0, 0.05) is 0 Å². The van der Waals surface area contributed by atoms with Crippen molar-refractivity contribution in [2.24, 2.45) is 0 Å². The molecule has 0 aliphatic rings. The van der Waals surface area contributed by atoms with Crippen LogP contribution < -0.4 is 0 Å². The molecule has 0 aliphatic heterocycles. The zero-order valence-corrected chi connectivity index (χ0v) is 13.5. The smallest absolute Gasteiger partial charge is 0.0105 e. The summed E-state index contributed by atoms with van der Waals surface area (Å²) in [7, 11) is 0. The monoisotopic (exact) mass is 286 g/mol. The summed E-state index contributed by atoms with van der Waals surface area (Å²) < 4.78 is 0. The minimum absolute atomic E-state index is 0.545. The molecule has 0 unspecified atom stereocenters. The number of hydrogen-bond acceptors (Lipinski definition) is 0. The highest BCUT2D eigenvalue weighted by atomic mass is 14.1. The Morgan fingerprint density at radius 3 is 1.86 bits per heavy atom. The summed E-state index contributed by atoms with van der Waals surface area (Å²) in [5.41, 5.74) is 7.96. The van der Waals surface area contributed by atoms with Crippen LogP contribution in [0.3, 0.4) is 0 Å². The van der Waals surface area contributed by atoms with Gasteiger partial charge in [-0.25, -0.2) is 0 Å². The highest BCUT2D eigenvalue weighted by Crippen LogP contribution is 2.34. The van der Waals surface area contributed by atoms with Gasteiger partial charge in [0.2, 0.25) is 0 Å². The lowest BCUT2D eigenvalue weighted by atomic mass is 9.90. The second kappa shape index (κ2) is 6.19. The van der Waals surface area contributed by atoms with Crippen molar-refractivity contribution in [1.82, 2.24) is 0 Å². The Morgan fingerprint density at radius 2 is 1.23 bits per heavy atom. The van der Waals surface area contributed by atoms with Gasteiger partial charge in [0.15, 0.2) is 0 Å². The summed E-state index contributed by atoms with van der Waals surface area (Å²) in [5.74, 6) is 0.545. The lowest BCUT2D eigenvalue weighted by Crippen LogP contribution is -1.93. The van der Waals surface area contributed by atoms with Crippen molar-refractivity contribution in [3.05, 3.63) is 83.9 Å². The molecule has 0 radical (unpaired) electrons. The maximum atomic E-state index is 2.35. The van der Waals surface area contributed by atoms with Crippen LogP contribution in [0.15, 0.2) is 72.8 Å². The van der Waals surface area contributed by atoms with Gasteiger partial charge < -0.3 is 0 Å². The molecule has 0 heterocycles. The molecule has 0 spiro atoms. The van der Waals surface area contributed by atoms with Crippen molar-refractivity contribution < 1.29 is 0 Å². The molecule has 0 saturated heterocycles. The Kier molecular flexibility index (Phi) is 4.11. The molecule has 0 aromatic heterocycles. The van der Waals surface area contributed by atoms with Crippen LogP contribution in [0.25, 0.3) is 22.3 Å².